The number of thioether (sulfide) groups is 1. The van der Waals surface area contributed by atoms with Gasteiger partial charge >= 0.3 is 0 Å². The van der Waals surface area contributed by atoms with Crippen LogP contribution in [0.5, 0.6) is 0 Å². The zero-order valence-corrected chi connectivity index (χ0v) is 12.1. The highest BCUT2D eigenvalue weighted by molar-refractivity contribution is 7.99. The Morgan fingerprint density at radius 2 is 2.12 bits per heavy atom. The molecule has 2 aliphatic heterocycles. The second-order valence-corrected chi connectivity index (χ2v) is 7.14. The number of nitrogens with zero attached hydrogens (tertiary/aromatic N) is 1. The van der Waals surface area contributed by atoms with E-state index in [-0.39, 0.29) is 0 Å². The Labute approximate surface area is 110 Å². The van der Waals surface area contributed by atoms with E-state index in [1.165, 1.54) is 44.1 Å². The molecule has 0 radical (unpaired) electrons. The Balaban J connectivity index is 1.66. The van der Waals surface area contributed by atoms with Gasteiger partial charge in [0.25, 0.3) is 0 Å². The molecule has 2 heterocycles. The van der Waals surface area contributed by atoms with Crippen molar-refractivity contribution in [3.8, 4) is 0 Å². The van der Waals surface area contributed by atoms with Crippen LogP contribution in [0.1, 0.15) is 20.3 Å². The van der Waals surface area contributed by atoms with Crippen molar-refractivity contribution >= 4 is 11.8 Å². The standard InChI is InChI=1S/C13H27N3S/c1-13(2)11-14-4-3-12(13)15-5-6-16-7-9-17-10-8-16/h12,14-15H,3-11H2,1-2H3. The molecule has 2 saturated heterocycles. The topological polar surface area (TPSA) is 27.3 Å². The maximum absolute atomic E-state index is 3.77. The van der Waals surface area contributed by atoms with Crippen molar-refractivity contribution in [2.24, 2.45) is 5.41 Å². The van der Waals surface area contributed by atoms with Gasteiger partial charge in [0.2, 0.25) is 0 Å². The van der Waals surface area contributed by atoms with Crippen LogP contribution in [-0.4, -0.2) is 61.7 Å². The number of nitrogens with one attached hydrogen (secondary N) is 2. The number of rotatable bonds is 4. The Kier molecular flexibility index (Phi) is 5.15. The van der Waals surface area contributed by atoms with Gasteiger partial charge in [-0.25, -0.2) is 0 Å². The molecule has 0 aromatic heterocycles. The summed E-state index contributed by atoms with van der Waals surface area (Å²) in [6.07, 6.45) is 1.27. The van der Waals surface area contributed by atoms with Crippen molar-refractivity contribution in [1.29, 1.82) is 0 Å². The minimum absolute atomic E-state index is 0.399. The van der Waals surface area contributed by atoms with Crippen molar-refractivity contribution in [1.82, 2.24) is 15.5 Å². The molecule has 1 atom stereocenters. The third-order valence-corrected chi connectivity index (χ3v) is 5.00. The van der Waals surface area contributed by atoms with E-state index in [9.17, 15) is 0 Å². The Morgan fingerprint density at radius 3 is 2.82 bits per heavy atom. The van der Waals surface area contributed by atoms with Crippen LogP contribution in [0, 0.1) is 5.41 Å². The lowest BCUT2D eigenvalue weighted by molar-refractivity contribution is 0.178. The average Bonchev–Trinajstić information content (AvgIpc) is 2.32. The number of hydrogen-bond donors (Lipinski definition) is 2. The van der Waals surface area contributed by atoms with Crippen LogP contribution in [0.15, 0.2) is 0 Å². The maximum Gasteiger partial charge on any atom is 0.0143 e. The summed E-state index contributed by atoms with van der Waals surface area (Å²) in [4.78, 5) is 2.59. The fraction of sp³-hybridized carbons (Fsp3) is 1.00. The maximum atomic E-state index is 3.77. The zero-order chi connectivity index (χ0) is 12.1. The molecule has 2 N–H and O–H groups in total. The second-order valence-electron chi connectivity index (χ2n) is 5.91. The molecule has 100 valence electrons. The van der Waals surface area contributed by atoms with E-state index in [0.717, 1.165) is 13.1 Å². The van der Waals surface area contributed by atoms with Gasteiger partial charge < -0.3 is 15.5 Å². The van der Waals surface area contributed by atoms with Gasteiger partial charge in [-0.05, 0) is 18.4 Å². The van der Waals surface area contributed by atoms with E-state index in [1.54, 1.807) is 0 Å². The molecule has 0 amide bonds. The van der Waals surface area contributed by atoms with Gasteiger partial charge in [0.15, 0.2) is 0 Å². The first-order valence-electron chi connectivity index (χ1n) is 6.93. The third-order valence-electron chi connectivity index (χ3n) is 4.06. The fourth-order valence-electron chi connectivity index (χ4n) is 2.77. The zero-order valence-electron chi connectivity index (χ0n) is 11.3. The first-order chi connectivity index (χ1) is 8.18. The Hall–Kier alpha value is 0.230. The Bertz CT molecular complexity index is 227. The average molecular weight is 257 g/mol. The second kappa shape index (κ2) is 6.41. The molecule has 17 heavy (non-hydrogen) atoms. The summed E-state index contributed by atoms with van der Waals surface area (Å²) >= 11 is 2.09. The van der Waals surface area contributed by atoms with Gasteiger partial charge in [0.1, 0.15) is 0 Å². The van der Waals surface area contributed by atoms with E-state index in [1.807, 2.05) is 0 Å². The molecule has 1 unspecified atom stereocenters. The molecule has 0 aromatic carbocycles. The normalized spacial score (nSPS) is 30.4. The van der Waals surface area contributed by atoms with Gasteiger partial charge in [-0.1, -0.05) is 13.8 Å². The molecule has 2 aliphatic rings. The van der Waals surface area contributed by atoms with Gasteiger partial charge in [-0.2, -0.15) is 11.8 Å². The van der Waals surface area contributed by atoms with Crippen LogP contribution in [-0.2, 0) is 0 Å². The lowest BCUT2D eigenvalue weighted by atomic mass is 9.80. The van der Waals surface area contributed by atoms with Crippen molar-refractivity contribution in [3.05, 3.63) is 0 Å². The monoisotopic (exact) mass is 257 g/mol. The first kappa shape index (κ1) is 13.7. The van der Waals surface area contributed by atoms with Gasteiger partial charge in [0, 0.05) is 50.3 Å². The van der Waals surface area contributed by atoms with Crippen molar-refractivity contribution in [2.45, 2.75) is 26.3 Å². The minimum atomic E-state index is 0.399. The van der Waals surface area contributed by atoms with Crippen molar-refractivity contribution in [2.75, 3.05) is 50.8 Å². The highest BCUT2D eigenvalue weighted by atomic mass is 32.2. The fourth-order valence-corrected chi connectivity index (χ4v) is 3.75. The van der Waals surface area contributed by atoms with Crippen LogP contribution >= 0.6 is 11.8 Å². The predicted octanol–water partition coefficient (Wildman–Crippen LogP) is 1.01. The summed E-state index contributed by atoms with van der Waals surface area (Å²) in [5.74, 6) is 2.64. The van der Waals surface area contributed by atoms with Gasteiger partial charge in [0.05, 0.1) is 0 Å². The van der Waals surface area contributed by atoms with E-state index in [2.05, 4.69) is 41.1 Å². The molecule has 3 nitrogen and oxygen atoms in total. The summed E-state index contributed by atoms with van der Waals surface area (Å²) in [5.41, 5.74) is 0.399. The molecular weight excluding hydrogens is 230 g/mol. The predicted molar refractivity (Wildman–Crippen MR) is 76.8 cm³/mol. The molecule has 4 heteroatoms. The lowest BCUT2D eigenvalue weighted by Gasteiger charge is -2.40. The summed E-state index contributed by atoms with van der Waals surface area (Å²) < 4.78 is 0. The first-order valence-corrected chi connectivity index (χ1v) is 8.08. The molecule has 0 aliphatic carbocycles. The number of piperidine rings is 1. The van der Waals surface area contributed by atoms with E-state index in [0.29, 0.717) is 11.5 Å². The van der Waals surface area contributed by atoms with Gasteiger partial charge in [-0.3, -0.25) is 0 Å². The van der Waals surface area contributed by atoms with Crippen LogP contribution in [0.3, 0.4) is 0 Å². The van der Waals surface area contributed by atoms with Crippen LogP contribution < -0.4 is 10.6 Å². The highest BCUT2D eigenvalue weighted by Crippen LogP contribution is 2.24. The number of hydrogen-bond acceptors (Lipinski definition) is 4. The molecule has 0 bridgehead atoms. The molecule has 0 spiro atoms. The van der Waals surface area contributed by atoms with Crippen LogP contribution in [0.4, 0.5) is 0 Å². The molecule has 0 saturated carbocycles. The molecule has 2 fully saturated rings. The largest absolute Gasteiger partial charge is 0.316 e. The summed E-state index contributed by atoms with van der Waals surface area (Å²) in [6.45, 7) is 12.0. The van der Waals surface area contributed by atoms with Crippen molar-refractivity contribution in [3.63, 3.8) is 0 Å². The Morgan fingerprint density at radius 1 is 1.35 bits per heavy atom. The summed E-state index contributed by atoms with van der Waals surface area (Å²) in [6, 6.07) is 0.683. The SMILES string of the molecule is CC1(C)CNCCC1NCCN1CCSCC1. The molecule has 2 rings (SSSR count). The third kappa shape index (κ3) is 4.12. The molecule has 0 aromatic rings. The minimum Gasteiger partial charge on any atom is -0.316 e. The summed E-state index contributed by atoms with van der Waals surface area (Å²) in [7, 11) is 0. The van der Waals surface area contributed by atoms with E-state index >= 15 is 0 Å². The summed E-state index contributed by atoms with van der Waals surface area (Å²) in [5, 5.41) is 7.26. The van der Waals surface area contributed by atoms with Crippen LogP contribution in [0.25, 0.3) is 0 Å². The van der Waals surface area contributed by atoms with Crippen LogP contribution in [0.2, 0.25) is 0 Å². The quantitative estimate of drug-likeness (QED) is 0.786. The highest BCUT2D eigenvalue weighted by Gasteiger charge is 2.31. The van der Waals surface area contributed by atoms with Gasteiger partial charge in [-0.15, -0.1) is 0 Å². The lowest BCUT2D eigenvalue weighted by Crippen LogP contribution is -2.54. The molecular formula is C13H27N3S. The van der Waals surface area contributed by atoms with E-state index < -0.39 is 0 Å². The van der Waals surface area contributed by atoms with Crippen molar-refractivity contribution < 1.29 is 0 Å². The van der Waals surface area contributed by atoms with E-state index in [4.69, 9.17) is 0 Å². The smallest absolute Gasteiger partial charge is 0.0143 e.